The summed E-state index contributed by atoms with van der Waals surface area (Å²) in [6, 6.07) is 0. The van der Waals surface area contributed by atoms with Crippen LogP contribution in [0.3, 0.4) is 0 Å². The fourth-order valence-corrected chi connectivity index (χ4v) is 1.27. The van der Waals surface area contributed by atoms with Gasteiger partial charge in [0.1, 0.15) is 0 Å². The average Bonchev–Trinajstić information content (AvgIpc) is 2.54. The number of unbranched alkanes of at least 4 members (excludes halogenated alkanes) is 1. The van der Waals surface area contributed by atoms with E-state index >= 15 is 0 Å². The first-order valence-electron chi connectivity index (χ1n) is 5.02. The predicted octanol–water partition coefficient (Wildman–Crippen LogP) is 1.24. The van der Waals surface area contributed by atoms with E-state index < -0.39 is 0 Å². The van der Waals surface area contributed by atoms with Crippen molar-refractivity contribution in [2.45, 2.75) is 19.8 Å². The third-order valence-corrected chi connectivity index (χ3v) is 2.03. The third-order valence-electron chi connectivity index (χ3n) is 2.03. The number of rotatable bonds is 6. The molecule has 1 aliphatic heterocycles. The van der Waals surface area contributed by atoms with Crippen LogP contribution in [-0.2, 0) is 14.3 Å². The Hall–Kier alpha value is -1.58. The van der Waals surface area contributed by atoms with Crippen molar-refractivity contribution >= 4 is 11.8 Å². The quantitative estimate of drug-likeness (QED) is 0.375. The summed E-state index contributed by atoms with van der Waals surface area (Å²) >= 11 is 0. The van der Waals surface area contributed by atoms with E-state index in [9.17, 15) is 9.59 Å². The van der Waals surface area contributed by atoms with Crippen molar-refractivity contribution in [3.05, 3.63) is 24.5 Å². The first kappa shape index (κ1) is 11.5. The zero-order valence-electron chi connectivity index (χ0n) is 8.81. The topological polar surface area (TPSA) is 46.6 Å². The molecule has 15 heavy (non-hydrogen) atoms. The molecule has 1 aliphatic rings. The highest BCUT2D eigenvalue weighted by molar-refractivity contribution is 6.12. The van der Waals surface area contributed by atoms with Gasteiger partial charge in [-0.1, -0.05) is 6.08 Å². The Labute approximate surface area is 89.2 Å². The van der Waals surface area contributed by atoms with Crippen LogP contribution in [0.15, 0.2) is 24.5 Å². The fourth-order valence-electron chi connectivity index (χ4n) is 1.27. The first-order valence-corrected chi connectivity index (χ1v) is 5.02. The van der Waals surface area contributed by atoms with Crippen LogP contribution in [0.1, 0.15) is 19.8 Å². The summed E-state index contributed by atoms with van der Waals surface area (Å²) in [4.78, 5) is 23.5. The number of hydrogen-bond donors (Lipinski definition) is 0. The number of hydrogen-bond acceptors (Lipinski definition) is 3. The van der Waals surface area contributed by atoms with Gasteiger partial charge in [0.15, 0.2) is 0 Å². The number of imide groups is 1. The highest BCUT2D eigenvalue weighted by Crippen LogP contribution is 2.05. The van der Waals surface area contributed by atoms with E-state index in [2.05, 4.69) is 0 Å². The van der Waals surface area contributed by atoms with E-state index in [1.165, 1.54) is 17.1 Å². The van der Waals surface area contributed by atoms with Gasteiger partial charge in [-0.25, -0.2) is 0 Å². The number of allylic oxidation sites excluding steroid dienone is 1. The van der Waals surface area contributed by atoms with Gasteiger partial charge in [-0.15, -0.1) is 0 Å². The lowest BCUT2D eigenvalue weighted by atomic mass is 10.3. The minimum atomic E-state index is -0.214. The zero-order valence-corrected chi connectivity index (χ0v) is 8.81. The van der Waals surface area contributed by atoms with Gasteiger partial charge in [0.05, 0.1) is 12.9 Å². The van der Waals surface area contributed by atoms with E-state index in [0.29, 0.717) is 13.2 Å². The normalized spacial score (nSPS) is 15.7. The van der Waals surface area contributed by atoms with Crippen molar-refractivity contribution in [1.82, 2.24) is 4.90 Å². The number of amides is 2. The lowest BCUT2D eigenvalue weighted by molar-refractivity contribution is -0.136. The minimum Gasteiger partial charge on any atom is -0.502 e. The second kappa shape index (κ2) is 6.01. The molecule has 0 aromatic carbocycles. The molecule has 0 spiro atoms. The average molecular weight is 209 g/mol. The molecule has 0 unspecified atom stereocenters. The molecule has 0 atom stereocenters. The maximum absolute atomic E-state index is 11.1. The minimum absolute atomic E-state index is 0.214. The summed E-state index contributed by atoms with van der Waals surface area (Å²) in [5.74, 6) is -0.427. The van der Waals surface area contributed by atoms with Gasteiger partial charge in [0, 0.05) is 18.7 Å². The van der Waals surface area contributed by atoms with Crippen molar-refractivity contribution < 1.29 is 14.3 Å². The maximum atomic E-state index is 11.1. The molecule has 0 fully saturated rings. The summed E-state index contributed by atoms with van der Waals surface area (Å²) in [7, 11) is 0. The molecule has 0 aliphatic carbocycles. The van der Waals surface area contributed by atoms with Gasteiger partial charge in [-0.2, -0.15) is 0 Å². The zero-order chi connectivity index (χ0) is 11.1. The summed E-state index contributed by atoms with van der Waals surface area (Å²) < 4.78 is 5.12. The van der Waals surface area contributed by atoms with Crippen LogP contribution >= 0.6 is 0 Å². The molecular weight excluding hydrogens is 194 g/mol. The van der Waals surface area contributed by atoms with Crippen LogP contribution < -0.4 is 0 Å². The molecule has 0 saturated heterocycles. The Morgan fingerprint density at radius 2 is 1.93 bits per heavy atom. The summed E-state index contributed by atoms with van der Waals surface area (Å²) in [5, 5.41) is 0. The number of carbonyl (C=O) groups is 2. The fraction of sp³-hybridized carbons (Fsp3) is 0.455. The summed E-state index contributed by atoms with van der Waals surface area (Å²) in [6.45, 7) is 2.98. The van der Waals surface area contributed by atoms with Crippen LogP contribution in [-0.4, -0.2) is 29.9 Å². The number of carbonyl (C=O) groups excluding carboxylic acids is 2. The Morgan fingerprint density at radius 1 is 1.27 bits per heavy atom. The number of ether oxygens (including phenoxy) is 1. The summed E-state index contributed by atoms with van der Waals surface area (Å²) in [5.41, 5.74) is 0. The molecule has 0 aromatic rings. The van der Waals surface area contributed by atoms with Crippen molar-refractivity contribution in [2.24, 2.45) is 0 Å². The van der Waals surface area contributed by atoms with Crippen molar-refractivity contribution in [1.29, 1.82) is 0 Å². The van der Waals surface area contributed by atoms with E-state index in [1.807, 2.05) is 13.0 Å². The molecule has 2 amide bonds. The largest absolute Gasteiger partial charge is 0.502 e. The van der Waals surface area contributed by atoms with E-state index in [4.69, 9.17) is 4.74 Å². The van der Waals surface area contributed by atoms with Crippen LogP contribution in [0.5, 0.6) is 0 Å². The molecule has 0 saturated carbocycles. The lowest BCUT2D eigenvalue weighted by Crippen LogP contribution is -2.30. The third kappa shape index (κ3) is 3.58. The Balaban J connectivity index is 2.10. The van der Waals surface area contributed by atoms with Gasteiger partial charge in [0.2, 0.25) is 0 Å². The van der Waals surface area contributed by atoms with E-state index in [0.717, 1.165) is 12.8 Å². The van der Waals surface area contributed by atoms with Crippen molar-refractivity contribution in [3.63, 3.8) is 0 Å². The molecule has 0 aromatic heterocycles. The maximum Gasteiger partial charge on any atom is 0.253 e. The SMILES string of the molecule is CC=COCCCCN1C(=O)C=CC1=O. The van der Waals surface area contributed by atoms with Crippen LogP contribution in [0.4, 0.5) is 0 Å². The summed E-state index contributed by atoms with van der Waals surface area (Å²) in [6.07, 6.45) is 7.67. The highest BCUT2D eigenvalue weighted by atomic mass is 16.5. The van der Waals surface area contributed by atoms with E-state index in [-0.39, 0.29) is 11.8 Å². The second-order valence-electron chi connectivity index (χ2n) is 3.21. The first-order chi connectivity index (χ1) is 7.25. The van der Waals surface area contributed by atoms with Gasteiger partial charge in [-0.3, -0.25) is 14.5 Å². The monoisotopic (exact) mass is 209 g/mol. The van der Waals surface area contributed by atoms with Crippen LogP contribution in [0, 0.1) is 0 Å². The van der Waals surface area contributed by atoms with Crippen molar-refractivity contribution in [2.75, 3.05) is 13.2 Å². The second-order valence-corrected chi connectivity index (χ2v) is 3.21. The molecule has 1 heterocycles. The Bertz CT molecular complexity index is 276. The highest BCUT2D eigenvalue weighted by Gasteiger charge is 2.21. The lowest BCUT2D eigenvalue weighted by Gasteiger charge is -2.12. The number of nitrogens with zero attached hydrogens (tertiary/aromatic N) is 1. The molecule has 4 nitrogen and oxygen atoms in total. The molecular formula is C11H15NO3. The van der Waals surface area contributed by atoms with Gasteiger partial charge < -0.3 is 4.74 Å². The van der Waals surface area contributed by atoms with Crippen molar-refractivity contribution in [3.8, 4) is 0 Å². The predicted molar refractivity (Wildman–Crippen MR) is 55.9 cm³/mol. The van der Waals surface area contributed by atoms with E-state index in [1.54, 1.807) is 6.26 Å². The van der Waals surface area contributed by atoms with Crippen LogP contribution in [0.2, 0.25) is 0 Å². The molecule has 0 N–H and O–H groups in total. The van der Waals surface area contributed by atoms with Gasteiger partial charge in [-0.05, 0) is 19.8 Å². The van der Waals surface area contributed by atoms with Crippen LogP contribution in [0.25, 0.3) is 0 Å². The standard InChI is InChI=1S/C11H15NO3/c1-2-8-15-9-4-3-7-12-10(13)5-6-11(12)14/h2,5-6,8H,3-4,7,9H2,1H3. The molecule has 4 heteroatoms. The molecule has 0 radical (unpaired) electrons. The molecule has 1 rings (SSSR count). The van der Waals surface area contributed by atoms with Gasteiger partial charge in [0.25, 0.3) is 11.8 Å². The van der Waals surface area contributed by atoms with Gasteiger partial charge >= 0.3 is 0 Å². The molecule has 82 valence electrons. The molecule has 0 bridgehead atoms. The Kier molecular flexibility index (Phi) is 4.60. The smallest absolute Gasteiger partial charge is 0.253 e. The Morgan fingerprint density at radius 3 is 2.53 bits per heavy atom.